The molecule has 0 unspecified atom stereocenters. The van der Waals surface area contributed by atoms with Gasteiger partial charge in [-0.2, -0.15) is 0 Å². The Hall–Kier alpha value is -1.27. The molecule has 1 saturated carbocycles. The third kappa shape index (κ3) is 1.81. The second-order valence-corrected chi connectivity index (χ2v) is 5.85. The van der Waals surface area contributed by atoms with Crippen LogP contribution in [0.1, 0.15) is 12.8 Å². The number of hydrogen-bond acceptors (Lipinski definition) is 3. The molecule has 1 aromatic rings. The molecule has 5 nitrogen and oxygen atoms in total. The lowest BCUT2D eigenvalue weighted by molar-refractivity contribution is -0.119. The quantitative estimate of drug-likeness (QED) is 0.839. The maximum Gasteiger partial charge on any atom is 0.329 e. The van der Waals surface area contributed by atoms with Crippen molar-refractivity contribution in [1.82, 2.24) is 5.32 Å². The fraction of sp³-hybridized carbons (Fsp3) is 0.333. The Morgan fingerprint density at radius 1 is 1.42 bits per heavy atom. The van der Waals surface area contributed by atoms with Crippen molar-refractivity contribution in [2.24, 2.45) is 0 Å². The summed E-state index contributed by atoms with van der Waals surface area (Å²) in [5.74, 6) is 0.255. The molecular weight excluding hydrogens is 336 g/mol. The summed E-state index contributed by atoms with van der Waals surface area (Å²) in [5.41, 5.74) is -0.250. The number of rotatable bonds is 2. The number of amides is 3. The van der Waals surface area contributed by atoms with Crippen LogP contribution in [0.4, 0.5) is 10.5 Å². The molecule has 100 valence electrons. The molecule has 1 aliphatic heterocycles. The molecule has 0 atom stereocenters. The summed E-state index contributed by atoms with van der Waals surface area (Å²) in [4.78, 5) is 25.4. The van der Waals surface area contributed by atoms with Crippen molar-refractivity contribution in [2.75, 3.05) is 12.0 Å². The number of nitrogens with one attached hydrogen (secondary N) is 1. The van der Waals surface area contributed by atoms with Crippen LogP contribution in [0.15, 0.2) is 16.6 Å². The maximum atomic E-state index is 12.3. The molecule has 0 bridgehead atoms. The van der Waals surface area contributed by atoms with E-state index in [4.69, 9.17) is 16.3 Å². The van der Waals surface area contributed by atoms with Gasteiger partial charge in [0.1, 0.15) is 11.3 Å². The van der Waals surface area contributed by atoms with E-state index in [0.29, 0.717) is 33.8 Å². The Morgan fingerprint density at radius 2 is 2.11 bits per heavy atom. The smallest absolute Gasteiger partial charge is 0.329 e. The Balaban J connectivity index is 2.05. The van der Waals surface area contributed by atoms with Crippen molar-refractivity contribution in [1.29, 1.82) is 0 Å². The molecule has 19 heavy (non-hydrogen) atoms. The standard InChI is InChI=1S/C12H10BrClN2O3/c1-19-9-4-6(13)8(5-7(9)14)16-10(17)12(2-3-12)15-11(16)18/h4-5H,2-3H2,1H3,(H,15,18). The van der Waals surface area contributed by atoms with E-state index in [-0.39, 0.29) is 5.91 Å². The van der Waals surface area contributed by atoms with Crippen molar-refractivity contribution in [3.05, 3.63) is 21.6 Å². The van der Waals surface area contributed by atoms with E-state index in [2.05, 4.69) is 21.2 Å². The first-order chi connectivity index (χ1) is 8.98. The van der Waals surface area contributed by atoms with Gasteiger partial charge < -0.3 is 10.1 Å². The second-order valence-electron chi connectivity index (χ2n) is 4.59. The van der Waals surface area contributed by atoms with Crippen molar-refractivity contribution in [2.45, 2.75) is 18.4 Å². The molecule has 1 aromatic carbocycles. The first-order valence-corrected chi connectivity index (χ1v) is 6.85. The first kappa shape index (κ1) is 12.7. The van der Waals surface area contributed by atoms with Crippen molar-refractivity contribution >= 4 is 45.2 Å². The van der Waals surface area contributed by atoms with E-state index in [0.717, 1.165) is 4.90 Å². The molecule has 3 rings (SSSR count). The number of urea groups is 1. The molecule has 0 radical (unpaired) electrons. The topological polar surface area (TPSA) is 58.6 Å². The van der Waals surface area contributed by atoms with Crippen LogP contribution in [-0.2, 0) is 4.79 Å². The summed E-state index contributed by atoms with van der Waals surface area (Å²) < 4.78 is 5.66. The van der Waals surface area contributed by atoms with Gasteiger partial charge in [0.15, 0.2) is 0 Å². The summed E-state index contributed by atoms with van der Waals surface area (Å²) in [6.45, 7) is 0. The Morgan fingerprint density at radius 3 is 2.63 bits per heavy atom. The average molecular weight is 346 g/mol. The summed E-state index contributed by atoms with van der Waals surface area (Å²) in [6, 6.07) is 2.77. The number of carbonyl (C=O) groups is 2. The number of carbonyl (C=O) groups excluding carboxylic acids is 2. The fourth-order valence-electron chi connectivity index (χ4n) is 2.15. The Bertz CT molecular complexity index is 601. The van der Waals surface area contributed by atoms with E-state index in [1.807, 2.05) is 0 Å². The highest BCUT2D eigenvalue weighted by atomic mass is 79.9. The van der Waals surface area contributed by atoms with Gasteiger partial charge in [-0.05, 0) is 40.9 Å². The van der Waals surface area contributed by atoms with Gasteiger partial charge >= 0.3 is 6.03 Å². The lowest BCUT2D eigenvalue weighted by atomic mass is 10.2. The molecule has 3 amide bonds. The molecule has 1 saturated heterocycles. The van der Waals surface area contributed by atoms with Gasteiger partial charge in [-0.3, -0.25) is 4.79 Å². The molecule has 7 heteroatoms. The van der Waals surface area contributed by atoms with E-state index in [1.54, 1.807) is 12.1 Å². The van der Waals surface area contributed by atoms with Crippen LogP contribution < -0.4 is 15.0 Å². The molecule has 2 fully saturated rings. The van der Waals surface area contributed by atoms with E-state index >= 15 is 0 Å². The normalized spacial score (nSPS) is 19.8. The van der Waals surface area contributed by atoms with E-state index < -0.39 is 11.6 Å². The zero-order valence-electron chi connectivity index (χ0n) is 10.00. The minimum absolute atomic E-state index is 0.223. The van der Waals surface area contributed by atoms with Crippen molar-refractivity contribution in [3.63, 3.8) is 0 Å². The number of benzene rings is 1. The predicted octanol–water partition coefficient (Wildman–Crippen LogP) is 2.70. The molecule has 2 aliphatic rings. The fourth-order valence-corrected chi connectivity index (χ4v) is 2.88. The highest BCUT2D eigenvalue weighted by Crippen LogP contribution is 2.45. The van der Waals surface area contributed by atoms with Gasteiger partial charge in [0.25, 0.3) is 5.91 Å². The highest BCUT2D eigenvalue weighted by Gasteiger charge is 2.60. The lowest BCUT2D eigenvalue weighted by Crippen LogP contribution is -2.32. The number of ether oxygens (including phenoxy) is 1. The second kappa shape index (κ2) is 4.11. The number of nitrogens with zero attached hydrogens (tertiary/aromatic N) is 1. The van der Waals surface area contributed by atoms with Crippen LogP contribution >= 0.6 is 27.5 Å². The number of anilines is 1. The molecule has 1 N–H and O–H groups in total. The number of methoxy groups -OCH3 is 1. The van der Waals surface area contributed by atoms with Crippen molar-refractivity contribution in [3.8, 4) is 5.75 Å². The monoisotopic (exact) mass is 344 g/mol. The van der Waals surface area contributed by atoms with Gasteiger partial charge in [-0.25, -0.2) is 9.69 Å². The SMILES string of the molecule is COc1cc(Br)c(N2C(=O)NC3(CC3)C2=O)cc1Cl. The number of halogens is 2. The van der Waals surface area contributed by atoms with E-state index in [1.165, 1.54) is 7.11 Å². The summed E-state index contributed by atoms with van der Waals surface area (Å²) in [7, 11) is 1.50. The van der Waals surface area contributed by atoms with E-state index in [9.17, 15) is 9.59 Å². The summed E-state index contributed by atoms with van der Waals surface area (Å²) in [6.07, 6.45) is 1.38. The van der Waals surface area contributed by atoms with Gasteiger partial charge in [0.2, 0.25) is 0 Å². The first-order valence-electron chi connectivity index (χ1n) is 5.68. The minimum Gasteiger partial charge on any atom is -0.495 e. The molecule has 1 heterocycles. The minimum atomic E-state index is -0.678. The van der Waals surface area contributed by atoms with Crippen LogP contribution in [0.2, 0.25) is 5.02 Å². The third-order valence-corrected chi connectivity index (χ3v) is 4.30. The van der Waals surface area contributed by atoms with Crippen LogP contribution in [-0.4, -0.2) is 24.6 Å². The number of hydrogen-bond donors (Lipinski definition) is 1. The van der Waals surface area contributed by atoms with Gasteiger partial charge in [0, 0.05) is 4.47 Å². The Kier molecular flexibility index (Phi) is 2.76. The lowest BCUT2D eigenvalue weighted by Gasteiger charge is -2.16. The van der Waals surface area contributed by atoms with Crippen LogP contribution in [0.5, 0.6) is 5.75 Å². The molecule has 1 aliphatic carbocycles. The summed E-state index contributed by atoms with van der Waals surface area (Å²) in [5, 5.41) is 3.07. The molecular formula is C12H10BrClN2O3. The largest absolute Gasteiger partial charge is 0.495 e. The molecule has 0 aromatic heterocycles. The van der Waals surface area contributed by atoms with Crippen LogP contribution in [0.25, 0.3) is 0 Å². The summed E-state index contributed by atoms with van der Waals surface area (Å²) >= 11 is 9.38. The zero-order chi connectivity index (χ0) is 13.8. The molecule has 1 spiro atoms. The van der Waals surface area contributed by atoms with Crippen LogP contribution in [0, 0.1) is 0 Å². The predicted molar refractivity (Wildman–Crippen MR) is 73.7 cm³/mol. The zero-order valence-corrected chi connectivity index (χ0v) is 12.3. The third-order valence-electron chi connectivity index (χ3n) is 3.37. The average Bonchev–Trinajstić information content (AvgIpc) is 3.09. The maximum absolute atomic E-state index is 12.3. The highest BCUT2D eigenvalue weighted by molar-refractivity contribution is 9.10. The van der Waals surface area contributed by atoms with Gasteiger partial charge in [0.05, 0.1) is 17.8 Å². The van der Waals surface area contributed by atoms with Gasteiger partial charge in [-0.1, -0.05) is 11.6 Å². The Labute approximate surface area is 123 Å². The van der Waals surface area contributed by atoms with Gasteiger partial charge in [-0.15, -0.1) is 0 Å². The number of imide groups is 1. The van der Waals surface area contributed by atoms with Crippen LogP contribution in [0.3, 0.4) is 0 Å². The van der Waals surface area contributed by atoms with Crippen molar-refractivity contribution < 1.29 is 14.3 Å².